The fourth-order valence-corrected chi connectivity index (χ4v) is 4.72. The largest absolute Gasteiger partial charge is 0.465 e. The van der Waals surface area contributed by atoms with Gasteiger partial charge >= 0.3 is 5.97 Å². The molecule has 0 radical (unpaired) electrons. The molecule has 10 heteroatoms. The summed E-state index contributed by atoms with van der Waals surface area (Å²) in [5, 5.41) is 5.96. The zero-order valence-electron chi connectivity index (χ0n) is 12.8. The lowest BCUT2D eigenvalue weighted by Gasteiger charge is -2.13. The third kappa shape index (κ3) is 3.53. The average molecular weight is 398 g/mol. The van der Waals surface area contributed by atoms with Crippen molar-refractivity contribution in [3.63, 3.8) is 0 Å². The van der Waals surface area contributed by atoms with Crippen molar-refractivity contribution >= 4 is 44.6 Å². The number of benzene rings is 1. The highest BCUT2D eigenvalue weighted by atomic mass is 35.5. The maximum Gasteiger partial charge on any atom is 0.349 e. The number of methoxy groups -OCH3 is 1. The first-order valence-corrected chi connectivity index (χ1v) is 9.64. The molecule has 1 N–H and O–H groups in total. The second-order valence-electron chi connectivity index (χ2n) is 4.82. The monoisotopic (exact) mass is 397 g/mol. The number of hydrogen-bond donors (Lipinski definition) is 1. The zero-order valence-corrected chi connectivity index (χ0v) is 15.2. The molecule has 3 rings (SSSR count). The first kappa shape index (κ1) is 17.5. The van der Waals surface area contributed by atoms with Crippen LogP contribution >= 0.6 is 22.9 Å². The van der Waals surface area contributed by atoms with Gasteiger partial charge in [0.15, 0.2) is 0 Å². The van der Waals surface area contributed by atoms with Crippen molar-refractivity contribution in [2.75, 3.05) is 11.8 Å². The molecule has 0 amide bonds. The fraction of sp³-hybridized carbons (Fsp3) is 0.0667. The Morgan fingerprint density at radius 1 is 1.36 bits per heavy atom. The molecule has 0 spiro atoms. The number of aromatic nitrogens is 2. The normalized spacial score (nSPS) is 11.3. The standard InChI is InChI=1S/C15H12ClN3O4S2/c1-23-15(20)14-13(5-8-24-14)25(21,22)18-11-9-10(16)3-4-12(11)19-7-2-6-17-19/h2-9,18H,1H3. The summed E-state index contributed by atoms with van der Waals surface area (Å²) < 4.78 is 34.1. The number of anilines is 1. The van der Waals surface area contributed by atoms with Crippen LogP contribution in [0.2, 0.25) is 5.02 Å². The van der Waals surface area contributed by atoms with E-state index < -0.39 is 16.0 Å². The third-order valence-electron chi connectivity index (χ3n) is 3.24. The first-order valence-electron chi connectivity index (χ1n) is 6.90. The van der Waals surface area contributed by atoms with E-state index in [1.165, 1.54) is 29.3 Å². The molecular weight excluding hydrogens is 386 g/mol. The number of carbonyl (C=O) groups is 1. The van der Waals surface area contributed by atoms with Gasteiger partial charge in [0.25, 0.3) is 10.0 Å². The number of sulfonamides is 1. The summed E-state index contributed by atoms with van der Waals surface area (Å²) in [6.45, 7) is 0. The number of thiophene rings is 1. The SMILES string of the molecule is COC(=O)c1sccc1S(=O)(=O)Nc1cc(Cl)ccc1-n1cccn1. The van der Waals surface area contributed by atoms with Crippen molar-refractivity contribution in [3.05, 3.63) is 58.0 Å². The van der Waals surface area contributed by atoms with E-state index >= 15 is 0 Å². The lowest BCUT2D eigenvalue weighted by Crippen LogP contribution is -2.17. The predicted molar refractivity (Wildman–Crippen MR) is 95.0 cm³/mol. The highest BCUT2D eigenvalue weighted by Gasteiger charge is 2.25. The molecule has 0 saturated carbocycles. The second-order valence-corrected chi connectivity index (χ2v) is 7.83. The molecule has 1 aromatic carbocycles. The minimum absolute atomic E-state index is 0.00216. The summed E-state index contributed by atoms with van der Waals surface area (Å²) in [4.78, 5) is 11.6. The van der Waals surface area contributed by atoms with Crippen LogP contribution < -0.4 is 4.72 Å². The Morgan fingerprint density at radius 3 is 2.84 bits per heavy atom. The van der Waals surface area contributed by atoms with E-state index in [4.69, 9.17) is 11.6 Å². The van der Waals surface area contributed by atoms with Crippen LogP contribution in [0.4, 0.5) is 5.69 Å². The molecule has 0 aliphatic carbocycles. The third-order valence-corrected chi connectivity index (χ3v) is 5.91. The molecule has 0 aliphatic rings. The van der Waals surface area contributed by atoms with Gasteiger partial charge in [-0.1, -0.05) is 11.6 Å². The minimum Gasteiger partial charge on any atom is -0.465 e. The molecule has 25 heavy (non-hydrogen) atoms. The molecule has 7 nitrogen and oxygen atoms in total. The fourth-order valence-electron chi connectivity index (χ4n) is 2.15. The smallest absolute Gasteiger partial charge is 0.349 e. The summed E-state index contributed by atoms with van der Waals surface area (Å²) in [5.41, 5.74) is 0.728. The minimum atomic E-state index is -4.03. The number of ether oxygens (including phenoxy) is 1. The highest BCUT2D eigenvalue weighted by molar-refractivity contribution is 7.93. The molecule has 0 aliphatic heterocycles. The lowest BCUT2D eigenvalue weighted by atomic mass is 10.3. The van der Waals surface area contributed by atoms with E-state index in [2.05, 4.69) is 14.6 Å². The maximum absolute atomic E-state index is 12.8. The van der Waals surface area contributed by atoms with Gasteiger partial charge in [-0.05, 0) is 35.7 Å². The molecule has 3 aromatic rings. The second kappa shape index (κ2) is 6.87. The summed E-state index contributed by atoms with van der Waals surface area (Å²) in [6, 6.07) is 7.79. The van der Waals surface area contributed by atoms with Gasteiger partial charge in [0.2, 0.25) is 0 Å². The van der Waals surface area contributed by atoms with E-state index in [-0.39, 0.29) is 15.5 Å². The van der Waals surface area contributed by atoms with Crippen LogP contribution in [-0.2, 0) is 14.8 Å². The molecule has 0 fully saturated rings. The van der Waals surface area contributed by atoms with Crippen LogP contribution in [0, 0.1) is 0 Å². The first-order chi connectivity index (χ1) is 11.9. The van der Waals surface area contributed by atoms with Crippen molar-refractivity contribution < 1.29 is 17.9 Å². The topological polar surface area (TPSA) is 90.3 Å². The van der Waals surface area contributed by atoms with Crippen LogP contribution in [0.5, 0.6) is 0 Å². The Bertz CT molecular complexity index is 1010. The molecule has 0 saturated heterocycles. The molecule has 130 valence electrons. The van der Waals surface area contributed by atoms with E-state index in [0.29, 0.717) is 10.7 Å². The van der Waals surface area contributed by atoms with E-state index in [0.717, 1.165) is 11.3 Å². The van der Waals surface area contributed by atoms with Crippen LogP contribution in [-0.4, -0.2) is 31.3 Å². The maximum atomic E-state index is 12.8. The number of esters is 1. The average Bonchev–Trinajstić information content (AvgIpc) is 3.25. The van der Waals surface area contributed by atoms with Gasteiger partial charge in [-0.2, -0.15) is 5.10 Å². The van der Waals surface area contributed by atoms with Crippen molar-refractivity contribution in [3.8, 4) is 5.69 Å². The zero-order chi connectivity index (χ0) is 18.0. The quantitative estimate of drug-likeness (QED) is 0.668. The molecule has 2 heterocycles. The molecular formula is C15H12ClN3O4S2. The Morgan fingerprint density at radius 2 is 2.16 bits per heavy atom. The van der Waals surface area contributed by atoms with Crippen molar-refractivity contribution in [1.82, 2.24) is 9.78 Å². The molecule has 0 atom stereocenters. The summed E-state index contributed by atoms with van der Waals surface area (Å²) in [7, 11) is -2.83. The van der Waals surface area contributed by atoms with Crippen molar-refractivity contribution in [2.24, 2.45) is 0 Å². The molecule has 0 bridgehead atoms. The number of nitrogens with zero attached hydrogens (tertiary/aromatic N) is 2. The van der Waals surface area contributed by atoms with Gasteiger partial charge in [0.1, 0.15) is 9.77 Å². The number of nitrogens with one attached hydrogen (secondary N) is 1. The predicted octanol–water partition coefficient (Wildman–Crippen LogP) is 3.17. The Balaban J connectivity index is 2.04. The van der Waals surface area contributed by atoms with Crippen LogP contribution in [0.3, 0.4) is 0 Å². The number of carbonyl (C=O) groups excluding carboxylic acids is 1. The van der Waals surface area contributed by atoms with Crippen LogP contribution in [0.25, 0.3) is 5.69 Å². The summed E-state index contributed by atoms with van der Waals surface area (Å²) in [5.74, 6) is -0.714. The van der Waals surface area contributed by atoms with E-state index in [1.54, 1.807) is 30.6 Å². The van der Waals surface area contributed by atoms with Gasteiger partial charge < -0.3 is 4.74 Å². The van der Waals surface area contributed by atoms with Crippen LogP contribution in [0.15, 0.2) is 53.0 Å². The Labute approximate surface area is 152 Å². The number of hydrogen-bond acceptors (Lipinski definition) is 6. The van der Waals surface area contributed by atoms with Crippen molar-refractivity contribution in [2.45, 2.75) is 4.90 Å². The van der Waals surface area contributed by atoms with Gasteiger partial charge in [-0.15, -0.1) is 11.3 Å². The summed E-state index contributed by atoms with van der Waals surface area (Å²) >= 11 is 6.99. The van der Waals surface area contributed by atoms with Gasteiger partial charge in [0, 0.05) is 17.4 Å². The Kier molecular flexibility index (Phi) is 4.80. The van der Waals surface area contributed by atoms with Gasteiger partial charge in [-0.3, -0.25) is 4.72 Å². The molecule has 2 aromatic heterocycles. The Hall–Kier alpha value is -2.36. The van der Waals surface area contributed by atoms with E-state index in [1.807, 2.05) is 0 Å². The number of rotatable bonds is 5. The van der Waals surface area contributed by atoms with Gasteiger partial charge in [0.05, 0.1) is 18.5 Å². The number of halogens is 1. The lowest BCUT2D eigenvalue weighted by molar-refractivity contribution is 0.0602. The van der Waals surface area contributed by atoms with Crippen LogP contribution in [0.1, 0.15) is 9.67 Å². The highest BCUT2D eigenvalue weighted by Crippen LogP contribution is 2.29. The van der Waals surface area contributed by atoms with Crippen molar-refractivity contribution in [1.29, 1.82) is 0 Å². The van der Waals surface area contributed by atoms with E-state index in [9.17, 15) is 13.2 Å². The molecule has 0 unspecified atom stereocenters. The summed E-state index contributed by atoms with van der Waals surface area (Å²) in [6.07, 6.45) is 3.24. The van der Waals surface area contributed by atoms with Gasteiger partial charge in [-0.25, -0.2) is 17.9 Å².